The molecule has 0 radical (unpaired) electrons. The zero-order chi connectivity index (χ0) is 28.3. The molecule has 0 saturated heterocycles. The second kappa shape index (κ2) is 11.1. The van der Waals surface area contributed by atoms with E-state index in [9.17, 15) is 14.4 Å². The monoisotopic (exact) mass is 559 g/mol. The van der Waals surface area contributed by atoms with Crippen molar-refractivity contribution in [2.45, 2.75) is 13.1 Å². The molecule has 4 aromatic carbocycles. The van der Waals surface area contributed by atoms with E-state index in [1.807, 2.05) is 59.3 Å². The summed E-state index contributed by atoms with van der Waals surface area (Å²) in [5, 5.41) is 22.5. The number of carbonyl (C=O) groups is 1. The van der Waals surface area contributed by atoms with Gasteiger partial charge in [-0.2, -0.15) is 10.4 Å². The second-order valence-corrected chi connectivity index (χ2v) is 10.2. The standard InChI is InChI=1S/C33H23ClFN5O/c34-28-8-11-30-27(20-40(32(30)15-28)19-21-5-9-29(35)10-6-21)14-26(16-36)23-2-1-3-24(13-23)33(41)37-17-22-4-7-25-18-38-39-31(25)12-22/h1-15,18,20H,17,19H2,(H,37,41)(H,38,39). The zero-order valence-electron chi connectivity index (χ0n) is 21.7. The van der Waals surface area contributed by atoms with Crippen molar-refractivity contribution in [1.82, 2.24) is 20.1 Å². The summed E-state index contributed by atoms with van der Waals surface area (Å²) >= 11 is 6.31. The fourth-order valence-electron chi connectivity index (χ4n) is 4.87. The summed E-state index contributed by atoms with van der Waals surface area (Å²) in [6.07, 6.45) is 5.52. The Kier molecular flexibility index (Phi) is 7.07. The lowest BCUT2D eigenvalue weighted by atomic mass is 10.0. The van der Waals surface area contributed by atoms with Gasteiger partial charge in [-0.25, -0.2) is 4.39 Å². The summed E-state index contributed by atoms with van der Waals surface area (Å²) in [7, 11) is 0. The molecule has 41 heavy (non-hydrogen) atoms. The van der Waals surface area contributed by atoms with E-state index in [4.69, 9.17) is 11.6 Å². The van der Waals surface area contributed by atoms with Crippen molar-refractivity contribution in [1.29, 1.82) is 5.26 Å². The van der Waals surface area contributed by atoms with Gasteiger partial charge in [0.25, 0.3) is 5.91 Å². The lowest BCUT2D eigenvalue weighted by Crippen LogP contribution is -2.22. The smallest absolute Gasteiger partial charge is 0.251 e. The van der Waals surface area contributed by atoms with Gasteiger partial charge in [0, 0.05) is 46.2 Å². The topological polar surface area (TPSA) is 86.5 Å². The largest absolute Gasteiger partial charge is 0.348 e. The Labute approximate surface area is 240 Å². The number of aromatic nitrogens is 3. The first-order valence-corrected chi connectivity index (χ1v) is 13.3. The minimum atomic E-state index is -0.289. The molecule has 2 aromatic heterocycles. The van der Waals surface area contributed by atoms with Crippen LogP contribution in [0.5, 0.6) is 0 Å². The molecule has 0 spiro atoms. The van der Waals surface area contributed by atoms with Gasteiger partial charge in [0.2, 0.25) is 0 Å². The molecule has 0 saturated carbocycles. The fourth-order valence-corrected chi connectivity index (χ4v) is 5.03. The summed E-state index contributed by atoms with van der Waals surface area (Å²) in [4.78, 5) is 13.0. The van der Waals surface area contributed by atoms with Crippen LogP contribution in [0.15, 0.2) is 97.3 Å². The van der Waals surface area contributed by atoms with Gasteiger partial charge in [-0.3, -0.25) is 9.89 Å². The van der Waals surface area contributed by atoms with Gasteiger partial charge in [0.1, 0.15) is 5.82 Å². The SMILES string of the molecule is N#CC(=Cc1cn(Cc2ccc(F)cc2)c2cc(Cl)ccc12)c1cccc(C(=O)NCc2ccc3cn[nH]c3c2)c1. The summed E-state index contributed by atoms with van der Waals surface area (Å²) < 4.78 is 15.5. The van der Waals surface area contributed by atoms with Gasteiger partial charge < -0.3 is 9.88 Å². The highest BCUT2D eigenvalue weighted by molar-refractivity contribution is 6.31. The molecule has 6 rings (SSSR count). The third-order valence-electron chi connectivity index (χ3n) is 6.96. The number of nitrogens with one attached hydrogen (secondary N) is 2. The van der Waals surface area contributed by atoms with E-state index in [1.54, 1.807) is 36.5 Å². The van der Waals surface area contributed by atoms with Crippen molar-refractivity contribution < 1.29 is 9.18 Å². The van der Waals surface area contributed by atoms with Crippen molar-refractivity contribution in [3.05, 3.63) is 136 Å². The Balaban J connectivity index is 1.27. The average Bonchev–Trinajstić information content (AvgIpc) is 3.59. The van der Waals surface area contributed by atoms with Crippen LogP contribution in [-0.4, -0.2) is 20.7 Å². The van der Waals surface area contributed by atoms with E-state index in [-0.39, 0.29) is 11.7 Å². The number of nitriles is 1. The highest BCUT2D eigenvalue weighted by Gasteiger charge is 2.13. The minimum Gasteiger partial charge on any atom is -0.348 e. The van der Waals surface area contributed by atoms with Crippen molar-refractivity contribution in [3.8, 4) is 6.07 Å². The van der Waals surface area contributed by atoms with E-state index in [1.165, 1.54) is 12.1 Å². The van der Waals surface area contributed by atoms with Crippen LogP contribution >= 0.6 is 11.6 Å². The van der Waals surface area contributed by atoms with Crippen LogP contribution in [0.1, 0.15) is 32.6 Å². The molecule has 0 atom stereocenters. The number of benzene rings is 4. The number of halogens is 2. The Hall–Kier alpha value is -5.19. The number of fused-ring (bicyclic) bond motifs is 2. The molecular weight excluding hydrogens is 537 g/mol. The number of aromatic amines is 1. The first-order valence-electron chi connectivity index (χ1n) is 12.9. The Morgan fingerprint density at radius 3 is 2.66 bits per heavy atom. The predicted octanol–water partition coefficient (Wildman–Crippen LogP) is 7.35. The fraction of sp³-hybridized carbons (Fsp3) is 0.0606. The Morgan fingerprint density at radius 1 is 1.02 bits per heavy atom. The highest BCUT2D eigenvalue weighted by atomic mass is 35.5. The number of carbonyl (C=O) groups excluding carboxylic acids is 1. The molecule has 0 fully saturated rings. The van der Waals surface area contributed by atoms with Gasteiger partial charge in [-0.05, 0) is 65.2 Å². The highest BCUT2D eigenvalue weighted by Crippen LogP contribution is 2.29. The number of rotatable bonds is 7. The van der Waals surface area contributed by atoms with Crippen LogP contribution in [0.4, 0.5) is 4.39 Å². The normalized spacial score (nSPS) is 11.6. The number of hydrogen-bond acceptors (Lipinski definition) is 3. The summed E-state index contributed by atoms with van der Waals surface area (Å²) in [5.74, 6) is -0.526. The van der Waals surface area contributed by atoms with Gasteiger partial charge in [0.05, 0.1) is 28.9 Å². The van der Waals surface area contributed by atoms with Crippen LogP contribution in [0.25, 0.3) is 33.5 Å². The predicted molar refractivity (Wildman–Crippen MR) is 160 cm³/mol. The molecule has 6 nitrogen and oxygen atoms in total. The average molecular weight is 560 g/mol. The third kappa shape index (κ3) is 5.60. The molecular formula is C33H23ClFN5O. The molecule has 2 heterocycles. The zero-order valence-corrected chi connectivity index (χ0v) is 22.5. The van der Waals surface area contributed by atoms with E-state index < -0.39 is 0 Å². The molecule has 0 aliphatic heterocycles. The van der Waals surface area contributed by atoms with Gasteiger partial charge in [-0.15, -0.1) is 0 Å². The van der Waals surface area contributed by atoms with E-state index in [0.29, 0.717) is 34.8 Å². The number of amides is 1. The number of H-pyrrole nitrogens is 1. The maximum Gasteiger partial charge on any atom is 0.251 e. The van der Waals surface area contributed by atoms with Crippen LogP contribution in [-0.2, 0) is 13.1 Å². The number of nitrogens with zero attached hydrogens (tertiary/aromatic N) is 3. The lowest BCUT2D eigenvalue weighted by molar-refractivity contribution is 0.0951. The minimum absolute atomic E-state index is 0.237. The summed E-state index contributed by atoms with van der Waals surface area (Å²) in [6.45, 7) is 0.866. The molecule has 2 N–H and O–H groups in total. The van der Waals surface area contributed by atoms with E-state index in [2.05, 4.69) is 21.6 Å². The van der Waals surface area contributed by atoms with Crippen molar-refractivity contribution in [2.24, 2.45) is 0 Å². The van der Waals surface area contributed by atoms with Crippen LogP contribution in [0, 0.1) is 17.1 Å². The summed E-state index contributed by atoms with van der Waals surface area (Å²) in [5.41, 5.74) is 6.02. The van der Waals surface area contributed by atoms with Crippen LogP contribution in [0.2, 0.25) is 5.02 Å². The maximum atomic E-state index is 13.4. The summed E-state index contributed by atoms with van der Waals surface area (Å²) in [6, 6.07) is 27.1. The molecule has 200 valence electrons. The van der Waals surface area contributed by atoms with Crippen molar-refractivity contribution >= 4 is 51.0 Å². The number of allylic oxidation sites excluding steroid dienone is 1. The van der Waals surface area contributed by atoms with Crippen molar-refractivity contribution in [3.63, 3.8) is 0 Å². The van der Waals surface area contributed by atoms with Gasteiger partial charge >= 0.3 is 0 Å². The molecule has 0 aliphatic rings. The maximum absolute atomic E-state index is 13.4. The second-order valence-electron chi connectivity index (χ2n) is 9.73. The van der Waals surface area contributed by atoms with Gasteiger partial charge in [0.15, 0.2) is 0 Å². The molecule has 0 aliphatic carbocycles. The first kappa shape index (κ1) is 26.1. The van der Waals surface area contributed by atoms with E-state index in [0.717, 1.165) is 38.5 Å². The molecule has 0 unspecified atom stereocenters. The lowest BCUT2D eigenvalue weighted by Gasteiger charge is -2.07. The molecule has 6 aromatic rings. The van der Waals surface area contributed by atoms with E-state index >= 15 is 0 Å². The first-order chi connectivity index (χ1) is 20.0. The molecule has 8 heteroatoms. The van der Waals surface area contributed by atoms with Gasteiger partial charge in [-0.1, -0.05) is 54.1 Å². The quantitative estimate of drug-likeness (QED) is 0.200. The number of hydrogen-bond donors (Lipinski definition) is 2. The third-order valence-corrected chi connectivity index (χ3v) is 7.19. The van der Waals surface area contributed by atoms with Crippen LogP contribution < -0.4 is 5.32 Å². The van der Waals surface area contributed by atoms with Crippen molar-refractivity contribution in [2.75, 3.05) is 0 Å². The molecule has 1 amide bonds. The Morgan fingerprint density at radius 2 is 1.83 bits per heavy atom. The Bertz CT molecular complexity index is 1980. The van der Waals surface area contributed by atoms with Crippen LogP contribution in [0.3, 0.4) is 0 Å². The molecule has 0 bridgehead atoms.